The molecule has 0 radical (unpaired) electrons. The van der Waals surface area contributed by atoms with Crippen molar-refractivity contribution in [3.8, 4) is 0 Å². The lowest BCUT2D eigenvalue weighted by atomic mass is 10.2. The third kappa shape index (κ3) is 3.12. The molecule has 19 heavy (non-hydrogen) atoms. The number of pyridine rings is 1. The van der Waals surface area contributed by atoms with E-state index in [4.69, 9.17) is 0 Å². The number of carbonyl (C=O) groups excluding carboxylic acids is 1. The molecule has 0 aliphatic heterocycles. The minimum Gasteiger partial charge on any atom is -0.374 e. The molecule has 0 spiro atoms. The Morgan fingerprint density at radius 1 is 1.32 bits per heavy atom. The minimum atomic E-state index is -0.520. The van der Waals surface area contributed by atoms with Crippen LogP contribution in [-0.4, -0.2) is 16.2 Å². The van der Waals surface area contributed by atoms with E-state index >= 15 is 0 Å². The van der Waals surface area contributed by atoms with Crippen LogP contribution in [0.25, 0.3) is 0 Å². The maximum atomic E-state index is 10.9. The van der Waals surface area contributed by atoms with Crippen molar-refractivity contribution in [3.63, 3.8) is 0 Å². The van der Waals surface area contributed by atoms with E-state index in [1.54, 1.807) is 12.3 Å². The van der Waals surface area contributed by atoms with Gasteiger partial charge in [-0.15, -0.1) is 0 Å². The number of nitro groups is 1. The molecular formula is C13H11N3O3. The number of aromatic nitrogens is 1. The summed E-state index contributed by atoms with van der Waals surface area (Å²) in [4.78, 5) is 25.1. The molecule has 96 valence electrons. The molecule has 0 aliphatic rings. The van der Waals surface area contributed by atoms with Gasteiger partial charge in [0.15, 0.2) is 0 Å². The second kappa shape index (κ2) is 5.72. The first-order valence-electron chi connectivity index (χ1n) is 5.58. The molecule has 0 bridgehead atoms. The second-order valence-electron chi connectivity index (χ2n) is 3.83. The van der Waals surface area contributed by atoms with Gasteiger partial charge in [-0.1, -0.05) is 6.07 Å². The van der Waals surface area contributed by atoms with E-state index in [1.807, 2.05) is 12.1 Å². The van der Waals surface area contributed by atoms with E-state index in [1.165, 1.54) is 18.2 Å². The first-order chi connectivity index (χ1) is 9.20. The lowest BCUT2D eigenvalue weighted by Gasteiger charge is -2.06. The Morgan fingerprint density at radius 3 is 2.79 bits per heavy atom. The summed E-state index contributed by atoms with van der Waals surface area (Å²) in [6.07, 6.45) is 2.23. The molecule has 6 heteroatoms. The molecule has 6 nitrogen and oxygen atoms in total. The van der Waals surface area contributed by atoms with Crippen molar-refractivity contribution in [1.29, 1.82) is 0 Å². The first-order valence-corrected chi connectivity index (χ1v) is 5.58. The molecule has 0 unspecified atom stereocenters. The Kier molecular flexibility index (Phi) is 3.82. The maximum absolute atomic E-state index is 10.9. The Hall–Kier alpha value is -2.76. The van der Waals surface area contributed by atoms with Crippen LogP contribution in [0, 0.1) is 10.1 Å². The van der Waals surface area contributed by atoms with Gasteiger partial charge in [-0.05, 0) is 24.3 Å². The van der Waals surface area contributed by atoms with Crippen molar-refractivity contribution in [3.05, 3.63) is 64.0 Å². The van der Waals surface area contributed by atoms with Crippen molar-refractivity contribution in [2.45, 2.75) is 6.54 Å². The van der Waals surface area contributed by atoms with Crippen LogP contribution < -0.4 is 5.32 Å². The molecule has 2 rings (SSSR count). The number of nitrogens with one attached hydrogen (secondary N) is 1. The van der Waals surface area contributed by atoms with Crippen LogP contribution in [0.4, 0.5) is 11.4 Å². The molecule has 1 heterocycles. The standard InChI is InChI=1S/C13H11N3O3/c17-9-10-4-5-12(13(7-10)16(18)19)15-8-11-3-1-2-6-14-11/h1-7,9,15H,8H2. The van der Waals surface area contributed by atoms with Gasteiger partial charge in [0.1, 0.15) is 12.0 Å². The van der Waals surface area contributed by atoms with E-state index < -0.39 is 4.92 Å². The Morgan fingerprint density at radius 2 is 2.16 bits per heavy atom. The van der Waals surface area contributed by atoms with Gasteiger partial charge in [0.2, 0.25) is 0 Å². The van der Waals surface area contributed by atoms with E-state index in [0.29, 0.717) is 18.5 Å². The van der Waals surface area contributed by atoms with Crippen LogP contribution in [0.3, 0.4) is 0 Å². The normalized spacial score (nSPS) is 9.89. The summed E-state index contributed by atoms with van der Waals surface area (Å²) in [6, 6.07) is 9.75. The zero-order chi connectivity index (χ0) is 13.7. The number of anilines is 1. The number of benzene rings is 1. The fourth-order valence-electron chi connectivity index (χ4n) is 1.61. The van der Waals surface area contributed by atoms with Crippen LogP contribution in [-0.2, 0) is 6.54 Å². The lowest BCUT2D eigenvalue weighted by molar-refractivity contribution is -0.384. The summed E-state index contributed by atoms with van der Waals surface area (Å²) in [6.45, 7) is 0.377. The average Bonchev–Trinajstić information content (AvgIpc) is 2.46. The molecule has 2 aromatic rings. The van der Waals surface area contributed by atoms with Gasteiger partial charge in [-0.3, -0.25) is 19.9 Å². The molecule has 1 aromatic heterocycles. The SMILES string of the molecule is O=Cc1ccc(NCc2ccccn2)c([N+](=O)[O-])c1. The smallest absolute Gasteiger partial charge is 0.293 e. The van der Waals surface area contributed by atoms with Gasteiger partial charge in [0.25, 0.3) is 5.69 Å². The summed E-state index contributed by atoms with van der Waals surface area (Å²) in [5.41, 5.74) is 1.29. The number of hydrogen-bond acceptors (Lipinski definition) is 5. The van der Waals surface area contributed by atoms with Gasteiger partial charge in [0, 0.05) is 17.8 Å². The molecule has 0 atom stereocenters. The van der Waals surface area contributed by atoms with Crippen LogP contribution in [0.1, 0.15) is 16.1 Å². The molecule has 0 amide bonds. The molecule has 0 fully saturated rings. The van der Waals surface area contributed by atoms with Crippen molar-refractivity contribution in [2.75, 3.05) is 5.32 Å². The summed E-state index contributed by atoms with van der Waals surface area (Å²) < 4.78 is 0. The van der Waals surface area contributed by atoms with Crippen molar-refractivity contribution >= 4 is 17.7 Å². The zero-order valence-corrected chi connectivity index (χ0v) is 9.95. The van der Waals surface area contributed by atoms with E-state index in [2.05, 4.69) is 10.3 Å². The van der Waals surface area contributed by atoms with E-state index in [9.17, 15) is 14.9 Å². The zero-order valence-electron chi connectivity index (χ0n) is 9.95. The summed E-state index contributed by atoms with van der Waals surface area (Å²) in [5, 5.41) is 13.9. The monoisotopic (exact) mass is 257 g/mol. The third-order valence-corrected chi connectivity index (χ3v) is 2.54. The Balaban J connectivity index is 2.20. The van der Waals surface area contributed by atoms with Gasteiger partial charge in [0.05, 0.1) is 17.2 Å². The first kappa shape index (κ1) is 12.7. The van der Waals surface area contributed by atoms with Crippen molar-refractivity contribution < 1.29 is 9.72 Å². The molecule has 1 N–H and O–H groups in total. The highest BCUT2D eigenvalue weighted by atomic mass is 16.6. The minimum absolute atomic E-state index is 0.125. The van der Waals surface area contributed by atoms with Gasteiger partial charge < -0.3 is 5.32 Å². The number of carbonyl (C=O) groups is 1. The van der Waals surface area contributed by atoms with Crippen LogP contribution in [0.2, 0.25) is 0 Å². The van der Waals surface area contributed by atoms with E-state index in [0.717, 1.165) is 5.69 Å². The predicted molar refractivity (Wildman–Crippen MR) is 70.0 cm³/mol. The molecule has 1 aromatic carbocycles. The molecular weight excluding hydrogens is 246 g/mol. The highest BCUT2D eigenvalue weighted by molar-refractivity contribution is 5.79. The number of rotatable bonds is 5. The predicted octanol–water partition coefficient (Wildman–Crippen LogP) is 2.41. The quantitative estimate of drug-likeness (QED) is 0.505. The van der Waals surface area contributed by atoms with Crippen molar-refractivity contribution in [1.82, 2.24) is 4.98 Å². The molecule has 0 aliphatic carbocycles. The summed E-state index contributed by atoms with van der Waals surface area (Å²) in [5.74, 6) is 0. The molecule has 0 saturated carbocycles. The van der Waals surface area contributed by atoms with E-state index in [-0.39, 0.29) is 11.3 Å². The maximum Gasteiger partial charge on any atom is 0.293 e. The lowest BCUT2D eigenvalue weighted by Crippen LogP contribution is -2.04. The Bertz CT molecular complexity index is 599. The van der Waals surface area contributed by atoms with Crippen molar-refractivity contribution in [2.24, 2.45) is 0 Å². The van der Waals surface area contributed by atoms with Gasteiger partial charge in [-0.25, -0.2) is 0 Å². The number of nitrogens with zero attached hydrogens (tertiary/aromatic N) is 2. The molecule has 0 saturated heterocycles. The van der Waals surface area contributed by atoms with Gasteiger partial charge in [-0.2, -0.15) is 0 Å². The number of hydrogen-bond donors (Lipinski definition) is 1. The Labute approximate surface area is 109 Å². The number of aldehydes is 1. The van der Waals surface area contributed by atoms with Crippen LogP contribution in [0.15, 0.2) is 42.6 Å². The highest BCUT2D eigenvalue weighted by Gasteiger charge is 2.14. The van der Waals surface area contributed by atoms with Gasteiger partial charge >= 0.3 is 0 Å². The van der Waals surface area contributed by atoms with Crippen LogP contribution >= 0.6 is 0 Å². The topological polar surface area (TPSA) is 85.1 Å². The summed E-state index contributed by atoms with van der Waals surface area (Å²) >= 11 is 0. The second-order valence-corrected chi connectivity index (χ2v) is 3.83. The third-order valence-electron chi connectivity index (χ3n) is 2.54. The fourth-order valence-corrected chi connectivity index (χ4v) is 1.61. The fraction of sp³-hybridized carbons (Fsp3) is 0.0769. The number of nitro benzene ring substituents is 1. The largest absolute Gasteiger partial charge is 0.374 e. The average molecular weight is 257 g/mol. The summed E-state index contributed by atoms with van der Waals surface area (Å²) in [7, 11) is 0. The van der Waals surface area contributed by atoms with Crippen LogP contribution in [0.5, 0.6) is 0 Å². The highest BCUT2D eigenvalue weighted by Crippen LogP contribution is 2.25.